The van der Waals surface area contributed by atoms with Crippen LogP contribution in [0.4, 0.5) is 5.95 Å². The van der Waals surface area contributed by atoms with Gasteiger partial charge in [0.25, 0.3) is 0 Å². The van der Waals surface area contributed by atoms with Crippen LogP contribution in [0, 0.1) is 13.8 Å². The van der Waals surface area contributed by atoms with Crippen LogP contribution in [0.2, 0.25) is 0 Å². The first kappa shape index (κ1) is 11.2. The van der Waals surface area contributed by atoms with Crippen LogP contribution < -0.4 is 5.32 Å². The number of nitrogens with one attached hydrogen (secondary N) is 1. The quantitative estimate of drug-likeness (QED) is 0.882. The third-order valence-corrected chi connectivity index (χ3v) is 3.44. The van der Waals surface area contributed by atoms with Crippen molar-refractivity contribution in [1.29, 1.82) is 0 Å². The molecule has 0 saturated carbocycles. The molecule has 0 spiro atoms. The second-order valence-corrected chi connectivity index (χ2v) is 4.69. The summed E-state index contributed by atoms with van der Waals surface area (Å²) in [5.41, 5.74) is 3.80. The molecule has 2 aromatic heterocycles. The van der Waals surface area contributed by atoms with Crippen LogP contribution in [0.1, 0.15) is 23.7 Å². The predicted molar refractivity (Wildman–Crippen MR) is 69.3 cm³/mol. The number of anilines is 1. The lowest BCUT2D eigenvalue weighted by atomic mass is 10.2. The topological polar surface area (TPSA) is 29.9 Å². The lowest BCUT2D eigenvalue weighted by molar-refractivity contribution is 0.797. The summed E-state index contributed by atoms with van der Waals surface area (Å²) >= 11 is 1.76. The number of aromatic nitrogens is 2. The molecule has 0 amide bonds. The number of thiophene rings is 1. The van der Waals surface area contributed by atoms with Crippen LogP contribution in [0.3, 0.4) is 0 Å². The van der Waals surface area contributed by atoms with E-state index in [1.165, 1.54) is 11.1 Å². The maximum absolute atomic E-state index is 4.47. The van der Waals surface area contributed by atoms with E-state index in [0.29, 0.717) is 0 Å². The predicted octanol–water partition coefficient (Wildman–Crippen LogP) is 3.04. The third kappa shape index (κ3) is 2.27. The van der Waals surface area contributed by atoms with Crippen LogP contribution in [-0.2, 0) is 6.54 Å². The SMILES string of the molecule is CCNc1nc(C)cn1Cc1cscc1C. The molecule has 0 saturated heterocycles. The van der Waals surface area contributed by atoms with Crippen LogP contribution in [0.15, 0.2) is 17.0 Å². The molecule has 0 atom stereocenters. The molecule has 0 aliphatic rings. The molecule has 3 nitrogen and oxygen atoms in total. The molecule has 0 bridgehead atoms. The lowest BCUT2D eigenvalue weighted by Gasteiger charge is -2.07. The molecule has 0 radical (unpaired) electrons. The Bertz CT molecular complexity index is 470. The number of rotatable bonds is 4. The molecule has 0 unspecified atom stereocenters. The molecule has 1 N–H and O–H groups in total. The highest BCUT2D eigenvalue weighted by molar-refractivity contribution is 7.08. The van der Waals surface area contributed by atoms with E-state index in [9.17, 15) is 0 Å². The Morgan fingerprint density at radius 2 is 2.19 bits per heavy atom. The van der Waals surface area contributed by atoms with Gasteiger partial charge in [0.1, 0.15) is 0 Å². The highest BCUT2D eigenvalue weighted by Crippen LogP contribution is 2.18. The van der Waals surface area contributed by atoms with Gasteiger partial charge in [0.05, 0.1) is 12.2 Å². The molecule has 86 valence electrons. The van der Waals surface area contributed by atoms with Crippen molar-refractivity contribution in [2.75, 3.05) is 11.9 Å². The fraction of sp³-hybridized carbons (Fsp3) is 0.417. The summed E-state index contributed by atoms with van der Waals surface area (Å²) in [6.45, 7) is 8.07. The first-order valence-corrected chi connectivity index (χ1v) is 6.44. The molecule has 2 aromatic rings. The second-order valence-electron chi connectivity index (χ2n) is 3.94. The molecule has 0 aliphatic heterocycles. The van der Waals surface area contributed by atoms with Crippen molar-refractivity contribution in [1.82, 2.24) is 9.55 Å². The summed E-state index contributed by atoms with van der Waals surface area (Å²) in [7, 11) is 0. The maximum atomic E-state index is 4.47. The number of nitrogens with zero attached hydrogens (tertiary/aromatic N) is 2. The summed E-state index contributed by atoms with van der Waals surface area (Å²) < 4.78 is 2.17. The minimum absolute atomic E-state index is 0.901. The minimum atomic E-state index is 0.901. The second kappa shape index (κ2) is 4.70. The van der Waals surface area contributed by atoms with Crippen LogP contribution in [-0.4, -0.2) is 16.1 Å². The van der Waals surface area contributed by atoms with Crippen molar-refractivity contribution in [2.45, 2.75) is 27.3 Å². The monoisotopic (exact) mass is 235 g/mol. The van der Waals surface area contributed by atoms with Crippen LogP contribution in [0.5, 0.6) is 0 Å². The van der Waals surface area contributed by atoms with Crippen molar-refractivity contribution >= 4 is 17.3 Å². The van der Waals surface area contributed by atoms with Gasteiger partial charge in [-0.1, -0.05) is 0 Å². The maximum Gasteiger partial charge on any atom is 0.203 e. The van der Waals surface area contributed by atoms with Gasteiger partial charge in [0.15, 0.2) is 0 Å². The molecular weight excluding hydrogens is 218 g/mol. The van der Waals surface area contributed by atoms with E-state index in [0.717, 1.165) is 24.7 Å². The highest BCUT2D eigenvalue weighted by atomic mass is 32.1. The minimum Gasteiger partial charge on any atom is -0.356 e. The molecule has 0 fully saturated rings. The zero-order valence-corrected chi connectivity index (χ0v) is 10.8. The Labute approximate surface area is 100 Å². The summed E-state index contributed by atoms with van der Waals surface area (Å²) in [4.78, 5) is 4.47. The van der Waals surface area contributed by atoms with E-state index >= 15 is 0 Å². The van der Waals surface area contributed by atoms with Crippen LogP contribution >= 0.6 is 11.3 Å². The zero-order chi connectivity index (χ0) is 11.5. The lowest BCUT2D eigenvalue weighted by Crippen LogP contribution is -2.07. The Kier molecular flexibility index (Phi) is 3.29. The molecule has 4 heteroatoms. The molecule has 2 heterocycles. The Morgan fingerprint density at radius 1 is 1.38 bits per heavy atom. The smallest absolute Gasteiger partial charge is 0.203 e. The van der Waals surface area contributed by atoms with Crippen molar-refractivity contribution in [3.05, 3.63) is 33.8 Å². The number of hydrogen-bond acceptors (Lipinski definition) is 3. The van der Waals surface area contributed by atoms with Gasteiger partial charge in [0.2, 0.25) is 5.95 Å². The average molecular weight is 235 g/mol. The van der Waals surface area contributed by atoms with Crippen molar-refractivity contribution in [3.8, 4) is 0 Å². The molecule has 0 aliphatic carbocycles. The highest BCUT2D eigenvalue weighted by Gasteiger charge is 2.06. The summed E-state index contributed by atoms with van der Waals surface area (Å²) in [6.07, 6.45) is 2.09. The number of imidazole rings is 1. The van der Waals surface area contributed by atoms with Gasteiger partial charge in [-0.2, -0.15) is 11.3 Å². The Morgan fingerprint density at radius 3 is 2.81 bits per heavy atom. The zero-order valence-electron chi connectivity index (χ0n) is 9.95. The van der Waals surface area contributed by atoms with Gasteiger partial charge in [-0.3, -0.25) is 0 Å². The van der Waals surface area contributed by atoms with E-state index in [-0.39, 0.29) is 0 Å². The van der Waals surface area contributed by atoms with E-state index in [1.54, 1.807) is 11.3 Å². The average Bonchev–Trinajstić information content (AvgIpc) is 2.77. The fourth-order valence-corrected chi connectivity index (χ4v) is 2.55. The van der Waals surface area contributed by atoms with Gasteiger partial charge >= 0.3 is 0 Å². The molecule has 2 rings (SSSR count). The molecule has 16 heavy (non-hydrogen) atoms. The van der Waals surface area contributed by atoms with Crippen molar-refractivity contribution < 1.29 is 0 Å². The first-order valence-electron chi connectivity index (χ1n) is 5.50. The Balaban J connectivity index is 2.23. The number of aryl methyl sites for hydroxylation is 2. The summed E-state index contributed by atoms with van der Waals surface area (Å²) in [5, 5.41) is 7.68. The summed E-state index contributed by atoms with van der Waals surface area (Å²) in [5.74, 6) is 0.964. The molecular formula is C12H17N3S. The van der Waals surface area contributed by atoms with Gasteiger partial charge in [-0.25, -0.2) is 4.98 Å². The first-order chi connectivity index (χ1) is 7.70. The van der Waals surface area contributed by atoms with Gasteiger partial charge < -0.3 is 9.88 Å². The standard InChI is InChI=1S/C12H17N3S/c1-4-13-12-14-10(3)5-15(12)6-11-8-16-7-9(11)2/h5,7-8H,4,6H2,1-3H3,(H,13,14). The fourth-order valence-electron chi connectivity index (χ4n) is 1.70. The van der Waals surface area contributed by atoms with E-state index in [4.69, 9.17) is 0 Å². The molecule has 0 aromatic carbocycles. The van der Waals surface area contributed by atoms with Gasteiger partial charge in [0, 0.05) is 12.7 Å². The van der Waals surface area contributed by atoms with Crippen molar-refractivity contribution in [3.63, 3.8) is 0 Å². The van der Waals surface area contributed by atoms with Gasteiger partial charge in [-0.15, -0.1) is 0 Å². The number of hydrogen-bond donors (Lipinski definition) is 1. The summed E-state index contributed by atoms with van der Waals surface area (Å²) in [6, 6.07) is 0. The van der Waals surface area contributed by atoms with E-state index in [2.05, 4.69) is 45.7 Å². The van der Waals surface area contributed by atoms with Gasteiger partial charge in [-0.05, 0) is 42.7 Å². The third-order valence-electron chi connectivity index (χ3n) is 2.53. The van der Waals surface area contributed by atoms with Crippen LogP contribution in [0.25, 0.3) is 0 Å². The largest absolute Gasteiger partial charge is 0.356 e. The Hall–Kier alpha value is -1.29. The van der Waals surface area contributed by atoms with E-state index in [1.807, 2.05) is 6.92 Å². The van der Waals surface area contributed by atoms with E-state index < -0.39 is 0 Å². The normalized spacial score (nSPS) is 10.7. The van der Waals surface area contributed by atoms with Crippen molar-refractivity contribution in [2.24, 2.45) is 0 Å².